The van der Waals surface area contributed by atoms with Crippen LogP contribution >= 0.6 is 0 Å². The van der Waals surface area contributed by atoms with Crippen molar-refractivity contribution in [2.24, 2.45) is 5.92 Å². The number of hydrogen-bond donors (Lipinski definition) is 1. The van der Waals surface area contributed by atoms with E-state index in [2.05, 4.69) is 0 Å². The van der Waals surface area contributed by atoms with Crippen LogP contribution in [0.5, 0.6) is 0 Å². The molecule has 1 saturated heterocycles. The Morgan fingerprint density at radius 2 is 2.06 bits per heavy atom. The zero-order chi connectivity index (χ0) is 13.0. The largest absolute Gasteiger partial charge is 0.390 e. The van der Waals surface area contributed by atoms with E-state index in [1.807, 2.05) is 13.8 Å². The summed E-state index contributed by atoms with van der Waals surface area (Å²) in [5.74, 6) is 0.346. The quantitative estimate of drug-likeness (QED) is 0.840. The summed E-state index contributed by atoms with van der Waals surface area (Å²) in [6.07, 6.45) is 7.86. The Morgan fingerprint density at radius 3 is 2.72 bits per heavy atom. The first-order valence-corrected chi connectivity index (χ1v) is 7.60. The van der Waals surface area contributed by atoms with Crippen molar-refractivity contribution in [3.8, 4) is 0 Å². The van der Waals surface area contributed by atoms with Gasteiger partial charge in [0.15, 0.2) is 0 Å². The minimum atomic E-state index is -0.340. The van der Waals surface area contributed by atoms with Crippen LogP contribution in [0.2, 0.25) is 0 Å². The Balaban J connectivity index is 1.93. The third kappa shape index (κ3) is 3.25. The number of aliphatic hydroxyl groups is 1. The molecule has 3 nitrogen and oxygen atoms in total. The lowest BCUT2D eigenvalue weighted by molar-refractivity contribution is -0.149. The van der Waals surface area contributed by atoms with Gasteiger partial charge in [-0.1, -0.05) is 19.3 Å². The van der Waals surface area contributed by atoms with Crippen molar-refractivity contribution in [2.45, 2.75) is 76.6 Å². The fraction of sp³-hybridized carbons (Fsp3) is 1.00. The van der Waals surface area contributed by atoms with Crippen LogP contribution in [-0.4, -0.2) is 36.1 Å². The average molecular weight is 256 g/mol. The molecule has 1 N–H and O–H groups in total. The molecule has 2 aliphatic rings. The lowest BCUT2D eigenvalue weighted by Crippen LogP contribution is -2.46. The van der Waals surface area contributed by atoms with E-state index in [4.69, 9.17) is 9.47 Å². The smallest absolute Gasteiger partial charge is 0.0829 e. The van der Waals surface area contributed by atoms with E-state index in [1.165, 1.54) is 32.1 Å². The minimum absolute atomic E-state index is 0.0567. The summed E-state index contributed by atoms with van der Waals surface area (Å²) in [6, 6.07) is 0. The fourth-order valence-electron chi connectivity index (χ4n) is 3.65. The van der Waals surface area contributed by atoms with Crippen molar-refractivity contribution in [3.05, 3.63) is 0 Å². The van der Waals surface area contributed by atoms with Gasteiger partial charge in [0, 0.05) is 13.2 Å². The van der Waals surface area contributed by atoms with Gasteiger partial charge in [0.2, 0.25) is 0 Å². The summed E-state index contributed by atoms with van der Waals surface area (Å²) < 4.78 is 11.6. The molecule has 1 saturated carbocycles. The van der Waals surface area contributed by atoms with Crippen molar-refractivity contribution in [3.63, 3.8) is 0 Å². The molecule has 1 spiro atoms. The predicted molar refractivity (Wildman–Crippen MR) is 71.6 cm³/mol. The SMILES string of the molecule is CCOC(C)C(O)C1CCOC2(CCCCC2)C1. The third-order valence-corrected chi connectivity index (χ3v) is 4.69. The Morgan fingerprint density at radius 1 is 1.33 bits per heavy atom. The molecule has 0 aromatic carbocycles. The van der Waals surface area contributed by atoms with Crippen molar-refractivity contribution in [2.75, 3.05) is 13.2 Å². The van der Waals surface area contributed by atoms with E-state index in [-0.39, 0.29) is 17.8 Å². The van der Waals surface area contributed by atoms with Crippen LogP contribution in [-0.2, 0) is 9.47 Å². The van der Waals surface area contributed by atoms with Crippen molar-refractivity contribution < 1.29 is 14.6 Å². The van der Waals surface area contributed by atoms with Gasteiger partial charge in [0.1, 0.15) is 0 Å². The maximum Gasteiger partial charge on any atom is 0.0829 e. The van der Waals surface area contributed by atoms with Gasteiger partial charge in [-0.2, -0.15) is 0 Å². The lowest BCUT2D eigenvalue weighted by atomic mass is 9.74. The predicted octanol–water partition coefficient (Wildman–Crippen LogP) is 2.90. The maximum atomic E-state index is 10.4. The topological polar surface area (TPSA) is 38.7 Å². The van der Waals surface area contributed by atoms with Crippen LogP contribution in [0.4, 0.5) is 0 Å². The van der Waals surface area contributed by atoms with Crippen LogP contribution in [0.3, 0.4) is 0 Å². The van der Waals surface area contributed by atoms with Crippen LogP contribution in [0, 0.1) is 5.92 Å². The molecule has 106 valence electrons. The molecular formula is C15H28O3. The highest BCUT2D eigenvalue weighted by Gasteiger charge is 2.41. The Kier molecular flexibility index (Phi) is 5.05. The number of aliphatic hydroxyl groups excluding tert-OH is 1. The molecule has 2 fully saturated rings. The molecule has 3 unspecified atom stereocenters. The van der Waals surface area contributed by atoms with E-state index in [0.29, 0.717) is 12.5 Å². The van der Waals surface area contributed by atoms with Gasteiger partial charge in [-0.15, -0.1) is 0 Å². The third-order valence-electron chi connectivity index (χ3n) is 4.69. The van der Waals surface area contributed by atoms with Crippen molar-refractivity contribution in [1.82, 2.24) is 0 Å². The highest BCUT2D eigenvalue weighted by molar-refractivity contribution is 4.92. The second-order valence-electron chi connectivity index (χ2n) is 6.00. The number of rotatable bonds is 4. The van der Waals surface area contributed by atoms with E-state index in [0.717, 1.165) is 19.4 Å². The fourth-order valence-corrected chi connectivity index (χ4v) is 3.65. The van der Waals surface area contributed by atoms with Crippen molar-refractivity contribution in [1.29, 1.82) is 0 Å². The van der Waals surface area contributed by atoms with E-state index in [1.54, 1.807) is 0 Å². The van der Waals surface area contributed by atoms with Crippen LogP contribution in [0.1, 0.15) is 58.8 Å². The van der Waals surface area contributed by atoms with Crippen molar-refractivity contribution >= 4 is 0 Å². The van der Waals surface area contributed by atoms with Crippen LogP contribution in [0.25, 0.3) is 0 Å². The molecule has 1 heterocycles. The molecule has 0 aromatic rings. The summed E-state index contributed by atoms with van der Waals surface area (Å²) in [5, 5.41) is 10.4. The van der Waals surface area contributed by atoms with Gasteiger partial charge in [-0.05, 0) is 45.4 Å². The molecule has 2 rings (SSSR count). The molecular weight excluding hydrogens is 228 g/mol. The maximum absolute atomic E-state index is 10.4. The first-order valence-electron chi connectivity index (χ1n) is 7.60. The monoisotopic (exact) mass is 256 g/mol. The highest BCUT2D eigenvalue weighted by Crippen LogP contribution is 2.42. The Hall–Kier alpha value is -0.120. The zero-order valence-electron chi connectivity index (χ0n) is 11.9. The van der Waals surface area contributed by atoms with Gasteiger partial charge in [0.05, 0.1) is 17.8 Å². The second-order valence-corrected chi connectivity index (χ2v) is 6.00. The molecule has 3 heteroatoms. The van der Waals surface area contributed by atoms with E-state index >= 15 is 0 Å². The lowest BCUT2D eigenvalue weighted by Gasteiger charge is -2.45. The molecule has 0 aromatic heterocycles. The Bertz CT molecular complexity index is 243. The molecule has 0 amide bonds. The van der Waals surface area contributed by atoms with E-state index in [9.17, 15) is 5.11 Å². The average Bonchev–Trinajstić information content (AvgIpc) is 2.39. The van der Waals surface area contributed by atoms with Crippen LogP contribution in [0.15, 0.2) is 0 Å². The van der Waals surface area contributed by atoms with Gasteiger partial charge in [-0.25, -0.2) is 0 Å². The molecule has 0 bridgehead atoms. The standard InChI is InChI=1S/C15H28O3/c1-3-17-12(2)14(16)13-7-10-18-15(11-13)8-5-4-6-9-15/h12-14,16H,3-11H2,1-2H3. The summed E-state index contributed by atoms with van der Waals surface area (Å²) in [6.45, 7) is 5.44. The van der Waals surface area contributed by atoms with Gasteiger partial charge >= 0.3 is 0 Å². The summed E-state index contributed by atoms with van der Waals surface area (Å²) >= 11 is 0. The Labute approximate surface area is 111 Å². The van der Waals surface area contributed by atoms with Crippen LogP contribution < -0.4 is 0 Å². The molecule has 3 atom stereocenters. The highest BCUT2D eigenvalue weighted by atomic mass is 16.5. The summed E-state index contributed by atoms with van der Waals surface area (Å²) in [5.41, 5.74) is 0.0775. The van der Waals surface area contributed by atoms with Gasteiger partial charge < -0.3 is 14.6 Å². The van der Waals surface area contributed by atoms with Gasteiger partial charge in [0.25, 0.3) is 0 Å². The normalized spacial score (nSPS) is 31.2. The zero-order valence-corrected chi connectivity index (χ0v) is 11.9. The molecule has 1 aliphatic carbocycles. The van der Waals surface area contributed by atoms with Gasteiger partial charge in [-0.3, -0.25) is 0 Å². The first kappa shape index (κ1) is 14.3. The summed E-state index contributed by atoms with van der Waals surface area (Å²) in [7, 11) is 0. The molecule has 18 heavy (non-hydrogen) atoms. The van der Waals surface area contributed by atoms with E-state index < -0.39 is 0 Å². The first-order chi connectivity index (χ1) is 8.67. The summed E-state index contributed by atoms with van der Waals surface area (Å²) in [4.78, 5) is 0. The minimum Gasteiger partial charge on any atom is -0.390 e. The molecule has 1 aliphatic heterocycles. The number of ether oxygens (including phenoxy) is 2. The number of hydrogen-bond acceptors (Lipinski definition) is 3. The second kappa shape index (κ2) is 6.36. The molecule has 0 radical (unpaired) electrons.